The zero-order valence-electron chi connectivity index (χ0n) is 10.5. The van der Waals surface area contributed by atoms with Gasteiger partial charge in [-0.15, -0.1) is 0 Å². The molecule has 2 aromatic rings. The van der Waals surface area contributed by atoms with E-state index in [1.807, 2.05) is 18.2 Å². The summed E-state index contributed by atoms with van der Waals surface area (Å²) in [5.74, 6) is 1.43. The number of benzene rings is 1. The number of aromatic nitrogens is 2. The van der Waals surface area contributed by atoms with E-state index in [1.165, 1.54) is 0 Å². The average molecular weight is 342 g/mol. The summed E-state index contributed by atoms with van der Waals surface area (Å²) in [7, 11) is 0. The second-order valence-electron chi connectivity index (χ2n) is 3.97. The minimum atomic E-state index is 0.666. The lowest BCUT2D eigenvalue weighted by atomic mass is 10.3. The van der Waals surface area contributed by atoms with Gasteiger partial charge in [0.1, 0.15) is 5.82 Å². The van der Waals surface area contributed by atoms with Crippen molar-refractivity contribution in [2.45, 2.75) is 13.3 Å². The van der Waals surface area contributed by atoms with E-state index >= 15 is 0 Å². The number of anilines is 3. The van der Waals surface area contributed by atoms with Gasteiger partial charge in [0.25, 0.3) is 0 Å². The number of rotatable bonds is 5. The first-order valence-corrected chi connectivity index (χ1v) is 7.14. The topological polar surface area (TPSA) is 49.8 Å². The van der Waals surface area contributed by atoms with Gasteiger partial charge in [-0.05, 0) is 40.5 Å². The van der Waals surface area contributed by atoms with E-state index < -0.39 is 0 Å². The summed E-state index contributed by atoms with van der Waals surface area (Å²) in [5.41, 5.74) is 0.856. The zero-order valence-corrected chi connectivity index (χ0v) is 12.8. The van der Waals surface area contributed by atoms with Crippen LogP contribution in [0.1, 0.15) is 13.3 Å². The molecule has 2 rings (SSSR count). The highest BCUT2D eigenvalue weighted by Crippen LogP contribution is 2.28. The monoisotopic (exact) mass is 340 g/mol. The predicted molar refractivity (Wildman–Crippen MR) is 83.2 cm³/mol. The Morgan fingerprint density at radius 2 is 2.05 bits per heavy atom. The molecule has 0 fully saturated rings. The van der Waals surface area contributed by atoms with Crippen LogP contribution in [0.5, 0.6) is 0 Å². The van der Waals surface area contributed by atoms with Crippen LogP contribution in [-0.2, 0) is 0 Å². The molecule has 1 aromatic carbocycles. The van der Waals surface area contributed by atoms with Crippen LogP contribution < -0.4 is 10.6 Å². The fourth-order valence-corrected chi connectivity index (χ4v) is 2.01. The van der Waals surface area contributed by atoms with Crippen molar-refractivity contribution in [2.24, 2.45) is 0 Å². The van der Waals surface area contributed by atoms with Crippen LogP contribution in [0, 0.1) is 0 Å². The van der Waals surface area contributed by atoms with Crippen LogP contribution >= 0.6 is 27.5 Å². The third-order valence-electron chi connectivity index (χ3n) is 2.38. The van der Waals surface area contributed by atoms with Gasteiger partial charge in [0.15, 0.2) is 5.82 Å². The summed E-state index contributed by atoms with van der Waals surface area (Å²) in [6.07, 6.45) is 4.41. The first-order valence-electron chi connectivity index (χ1n) is 5.97. The quantitative estimate of drug-likeness (QED) is 0.843. The maximum Gasteiger partial charge on any atom is 0.151 e. The number of nitrogens with one attached hydrogen (secondary N) is 2. The Labute approximate surface area is 125 Å². The molecule has 0 radical (unpaired) electrons. The molecule has 4 nitrogen and oxygen atoms in total. The molecule has 0 spiro atoms. The van der Waals surface area contributed by atoms with Gasteiger partial charge < -0.3 is 10.6 Å². The number of nitrogens with zero attached hydrogens (tertiary/aromatic N) is 2. The van der Waals surface area contributed by atoms with Crippen LogP contribution in [0.2, 0.25) is 5.02 Å². The highest BCUT2D eigenvalue weighted by molar-refractivity contribution is 9.10. The highest BCUT2D eigenvalue weighted by Gasteiger charge is 2.03. The number of hydrogen-bond donors (Lipinski definition) is 2. The van der Waals surface area contributed by atoms with Crippen LogP contribution in [0.25, 0.3) is 0 Å². The van der Waals surface area contributed by atoms with Gasteiger partial charge in [-0.25, -0.2) is 4.98 Å². The van der Waals surface area contributed by atoms with E-state index in [0.717, 1.165) is 28.9 Å². The standard InChI is InChI=1S/C13H14BrClN4/c1-2-5-17-12-7-16-8-13(19-12)18-11-6-9(15)3-4-10(11)14/h3-4,6-8H,2,5H2,1H3,(H2,17,18,19). The van der Waals surface area contributed by atoms with Crippen molar-refractivity contribution in [3.8, 4) is 0 Å². The minimum Gasteiger partial charge on any atom is -0.369 e. The van der Waals surface area contributed by atoms with Crippen LogP contribution in [0.3, 0.4) is 0 Å². The molecule has 0 aliphatic carbocycles. The van der Waals surface area contributed by atoms with Crippen LogP contribution in [0.15, 0.2) is 35.1 Å². The molecular formula is C13H14BrClN4. The largest absolute Gasteiger partial charge is 0.369 e. The Bertz CT molecular complexity index is 562. The maximum atomic E-state index is 5.97. The first kappa shape index (κ1) is 14.1. The zero-order chi connectivity index (χ0) is 13.7. The van der Waals surface area contributed by atoms with E-state index in [1.54, 1.807) is 12.4 Å². The molecule has 19 heavy (non-hydrogen) atoms. The fourth-order valence-electron chi connectivity index (χ4n) is 1.50. The predicted octanol–water partition coefficient (Wildman–Crippen LogP) is 4.46. The van der Waals surface area contributed by atoms with E-state index in [4.69, 9.17) is 11.6 Å². The SMILES string of the molecule is CCCNc1cncc(Nc2cc(Cl)ccc2Br)n1. The van der Waals surface area contributed by atoms with Crippen LogP contribution in [0.4, 0.5) is 17.3 Å². The van der Waals surface area contributed by atoms with Gasteiger partial charge >= 0.3 is 0 Å². The molecule has 0 amide bonds. The van der Waals surface area contributed by atoms with Gasteiger partial charge in [-0.1, -0.05) is 18.5 Å². The average Bonchev–Trinajstić information content (AvgIpc) is 2.41. The van der Waals surface area contributed by atoms with Gasteiger partial charge in [-0.3, -0.25) is 4.98 Å². The number of halogens is 2. The van der Waals surface area contributed by atoms with Crippen molar-refractivity contribution in [2.75, 3.05) is 17.2 Å². The molecule has 0 bridgehead atoms. The smallest absolute Gasteiger partial charge is 0.151 e. The van der Waals surface area contributed by atoms with E-state index in [-0.39, 0.29) is 0 Å². The van der Waals surface area contributed by atoms with Crippen molar-refractivity contribution < 1.29 is 0 Å². The van der Waals surface area contributed by atoms with E-state index in [0.29, 0.717) is 10.8 Å². The lowest BCUT2D eigenvalue weighted by Crippen LogP contribution is -2.04. The molecule has 0 aliphatic heterocycles. The van der Waals surface area contributed by atoms with Gasteiger partial charge in [0.05, 0.1) is 18.1 Å². The number of hydrogen-bond acceptors (Lipinski definition) is 4. The Balaban J connectivity index is 2.16. The lowest BCUT2D eigenvalue weighted by molar-refractivity contribution is 0.965. The van der Waals surface area contributed by atoms with E-state index in [9.17, 15) is 0 Å². The maximum absolute atomic E-state index is 5.97. The van der Waals surface area contributed by atoms with Gasteiger partial charge in [-0.2, -0.15) is 0 Å². The summed E-state index contributed by atoms with van der Waals surface area (Å²) in [5, 5.41) is 7.05. The minimum absolute atomic E-state index is 0.666. The molecule has 0 atom stereocenters. The molecule has 0 unspecified atom stereocenters. The summed E-state index contributed by atoms with van der Waals surface area (Å²) in [6, 6.07) is 5.54. The van der Waals surface area contributed by atoms with E-state index in [2.05, 4.69) is 43.5 Å². The lowest BCUT2D eigenvalue weighted by Gasteiger charge is -2.09. The second kappa shape index (κ2) is 6.73. The second-order valence-corrected chi connectivity index (χ2v) is 5.26. The molecule has 100 valence electrons. The fraction of sp³-hybridized carbons (Fsp3) is 0.231. The van der Waals surface area contributed by atoms with Gasteiger partial charge in [0, 0.05) is 16.0 Å². The Morgan fingerprint density at radius 1 is 1.26 bits per heavy atom. The Hall–Kier alpha value is -1.33. The first-order chi connectivity index (χ1) is 9.19. The molecule has 6 heteroatoms. The molecule has 1 heterocycles. The highest BCUT2D eigenvalue weighted by atomic mass is 79.9. The molecule has 1 aromatic heterocycles. The third kappa shape index (κ3) is 4.08. The molecular weight excluding hydrogens is 328 g/mol. The Morgan fingerprint density at radius 3 is 2.84 bits per heavy atom. The molecule has 0 saturated heterocycles. The Kier molecular flexibility index (Phi) is 4.99. The molecule has 0 saturated carbocycles. The molecule has 0 aliphatic rings. The van der Waals surface area contributed by atoms with Gasteiger partial charge in [0.2, 0.25) is 0 Å². The summed E-state index contributed by atoms with van der Waals surface area (Å²) in [6.45, 7) is 2.98. The summed E-state index contributed by atoms with van der Waals surface area (Å²) >= 11 is 9.44. The van der Waals surface area contributed by atoms with Crippen molar-refractivity contribution in [1.82, 2.24) is 9.97 Å². The van der Waals surface area contributed by atoms with Crippen molar-refractivity contribution in [3.05, 3.63) is 40.1 Å². The van der Waals surface area contributed by atoms with Crippen molar-refractivity contribution in [1.29, 1.82) is 0 Å². The van der Waals surface area contributed by atoms with Crippen molar-refractivity contribution in [3.63, 3.8) is 0 Å². The van der Waals surface area contributed by atoms with Crippen molar-refractivity contribution >= 4 is 44.9 Å². The van der Waals surface area contributed by atoms with Crippen LogP contribution in [-0.4, -0.2) is 16.5 Å². The summed E-state index contributed by atoms with van der Waals surface area (Å²) in [4.78, 5) is 8.58. The third-order valence-corrected chi connectivity index (χ3v) is 3.31. The molecule has 2 N–H and O–H groups in total. The normalized spacial score (nSPS) is 10.3. The summed E-state index contributed by atoms with van der Waals surface area (Å²) < 4.78 is 0.922.